The van der Waals surface area contributed by atoms with Crippen LogP contribution >= 0.6 is 12.2 Å². The van der Waals surface area contributed by atoms with Gasteiger partial charge in [0.05, 0.1) is 0 Å². The summed E-state index contributed by atoms with van der Waals surface area (Å²) in [6.45, 7) is 0.448. The summed E-state index contributed by atoms with van der Waals surface area (Å²) in [5.41, 5.74) is 10.2. The molecule has 0 spiro atoms. The van der Waals surface area contributed by atoms with E-state index in [0.717, 1.165) is 0 Å². The van der Waals surface area contributed by atoms with Crippen molar-refractivity contribution in [3.05, 3.63) is 0 Å². The Balaban J connectivity index is 2.96. The Morgan fingerprint density at radius 3 is 2.33 bits per heavy atom. The highest BCUT2D eigenvalue weighted by molar-refractivity contribution is 7.79. The Morgan fingerprint density at radius 1 is 1.83 bits per heavy atom. The Morgan fingerprint density at radius 2 is 2.33 bits per heavy atom. The topological polar surface area (TPSA) is 52.0 Å². The van der Waals surface area contributed by atoms with Crippen LogP contribution in [0.25, 0.3) is 0 Å². The summed E-state index contributed by atoms with van der Waals surface area (Å²) in [6, 6.07) is -0.0972. The van der Waals surface area contributed by atoms with Gasteiger partial charge >= 0.3 is 0 Å². The second kappa shape index (κ2) is 3.21. The second-order valence-electron chi connectivity index (χ2n) is 1.04. The minimum absolute atomic E-state index is 0.0972. The van der Waals surface area contributed by atoms with Gasteiger partial charge < -0.3 is 11.5 Å². The molecule has 0 radical (unpaired) electrons. The molecule has 0 bridgehead atoms. The van der Waals surface area contributed by atoms with Gasteiger partial charge in [-0.3, -0.25) is 0 Å². The van der Waals surface area contributed by atoms with Gasteiger partial charge in [0.15, 0.2) is 0 Å². The fourth-order valence-electron chi connectivity index (χ4n) is 0.0556. The lowest BCUT2D eigenvalue weighted by molar-refractivity contribution is 0.885. The number of thiocarbonyl (C=S) groups is 1. The van der Waals surface area contributed by atoms with E-state index in [1.54, 1.807) is 0 Å². The molecule has 0 rings (SSSR count). The summed E-state index contributed by atoms with van der Waals surface area (Å²) >= 11 is 4.44. The lowest BCUT2D eigenvalue weighted by Gasteiger charge is -1.93. The molecule has 2 nitrogen and oxygen atoms in total. The van der Waals surface area contributed by atoms with Crippen molar-refractivity contribution < 1.29 is 0 Å². The predicted molar refractivity (Wildman–Crippen MR) is 30.7 cm³/mol. The third kappa shape index (κ3) is 2.26. The molecule has 0 heterocycles. The van der Waals surface area contributed by atoms with E-state index in [1.165, 1.54) is 5.37 Å². The average Bonchev–Trinajstić information content (AvgIpc) is 1.65. The molecule has 0 saturated carbocycles. The third-order valence-electron chi connectivity index (χ3n) is 0.447. The minimum atomic E-state index is -0.0972. The van der Waals surface area contributed by atoms with Crippen molar-refractivity contribution in [3.63, 3.8) is 0 Å². The van der Waals surface area contributed by atoms with E-state index in [2.05, 4.69) is 12.2 Å². The highest BCUT2D eigenvalue weighted by Gasteiger charge is 1.86. The molecule has 0 amide bonds. The van der Waals surface area contributed by atoms with Gasteiger partial charge in [-0.25, -0.2) is 0 Å². The van der Waals surface area contributed by atoms with Gasteiger partial charge in [0.1, 0.15) is 0 Å². The number of hydrogen-bond acceptors (Lipinski definition) is 3. The molecule has 0 aliphatic heterocycles. The SMILES string of the molecule is NCC(N)C=S. The molecule has 0 aromatic heterocycles. The molecule has 36 valence electrons. The first-order valence-electron chi connectivity index (χ1n) is 1.72. The maximum absolute atomic E-state index is 5.19. The fraction of sp³-hybridized carbons (Fsp3) is 0.667. The van der Waals surface area contributed by atoms with Gasteiger partial charge in [0, 0.05) is 12.6 Å². The van der Waals surface area contributed by atoms with Crippen molar-refractivity contribution in [2.45, 2.75) is 6.04 Å². The Kier molecular flexibility index (Phi) is 3.21. The lowest BCUT2D eigenvalue weighted by Crippen LogP contribution is -2.29. The molecule has 1 unspecified atom stereocenters. The first kappa shape index (κ1) is 6.01. The van der Waals surface area contributed by atoms with Crippen molar-refractivity contribution in [1.82, 2.24) is 0 Å². The normalized spacial score (nSPS) is 13.7. The van der Waals surface area contributed by atoms with Gasteiger partial charge in [-0.2, -0.15) is 0 Å². The first-order valence-corrected chi connectivity index (χ1v) is 2.19. The van der Waals surface area contributed by atoms with Crippen LogP contribution in [0.4, 0.5) is 0 Å². The van der Waals surface area contributed by atoms with Gasteiger partial charge in [-0.15, -0.1) is 0 Å². The molecule has 3 heteroatoms. The lowest BCUT2D eigenvalue weighted by atomic mass is 10.4. The molecule has 0 aromatic rings. The minimum Gasteiger partial charge on any atom is -0.329 e. The summed E-state index contributed by atoms with van der Waals surface area (Å²) in [5.74, 6) is 0. The molecule has 0 aliphatic carbocycles. The van der Waals surface area contributed by atoms with Gasteiger partial charge in [0.25, 0.3) is 0 Å². The maximum Gasteiger partial charge on any atom is 0.0453 e. The largest absolute Gasteiger partial charge is 0.329 e. The van der Waals surface area contributed by atoms with Crippen LogP contribution in [0.1, 0.15) is 0 Å². The zero-order valence-electron chi connectivity index (χ0n) is 3.42. The number of nitrogens with two attached hydrogens (primary N) is 2. The number of hydrogen-bond donors (Lipinski definition) is 2. The molecular formula is C3H8N2S. The van der Waals surface area contributed by atoms with E-state index in [4.69, 9.17) is 11.5 Å². The fourth-order valence-corrected chi connectivity index (χ4v) is 0.167. The van der Waals surface area contributed by atoms with Gasteiger partial charge in [-0.1, -0.05) is 12.2 Å². The molecular weight excluding hydrogens is 96.1 g/mol. The van der Waals surface area contributed by atoms with Crippen LogP contribution < -0.4 is 11.5 Å². The Bertz CT molecular complexity index is 46.1. The molecule has 0 fully saturated rings. The van der Waals surface area contributed by atoms with Crippen molar-refractivity contribution in [1.29, 1.82) is 0 Å². The second-order valence-corrected chi connectivity index (χ2v) is 1.31. The maximum atomic E-state index is 5.19. The van der Waals surface area contributed by atoms with Crippen LogP contribution in [0.2, 0.25) is 0 Å². The van der Waals surface area contributed by atoms with Crippen LogP contribution in [0.15, 0.2) is 0 Å². The first-order chi connectivity index (χ1) is 2.81. The van der Waals surface area contributed by atoms with Crippen LogP contribution in [0.5, 0.6) is 0 Å². The highest BCUT2D eigenvalue weighted by atomic mass is 32.1. The molecule has 4 N–H and O–H groups in total. The Hall–Kier alpha value is 0.01000. The van der Waals surface area contributed by atoms with Gasteiger partial charge in [0.2, 0.25) is 0 Å². The molecule has 0 saturated heterocycles. The zero-order chi connectivity index (χ0) is 4.99. The zero-order valence-corrected chi connectivity index (χ0v) is 4.24. The summed E-state index contributed by atoms with van der Waals surface area (Å²) < 4.78 is 0. The van der Waals surface area contributed by atoms with Crippen LogP contribution in [-0.2, 0) is 0 Å². The van der Waals surface area contributed by atoms with Crippen LogP contribution in [-0.4, -0.2) is 18.0 Å². The van der Waals surface area contributed by atoms with Crippen molar-refractivity contribution in [2.75, 3.05) is 6.54 Å². The number of rotatable bonds is 2. The summed E-state index contributed by atoms with van der Waals surface area (Å²) in [4.78, 5) is 0. The smallest absolute Gasteiger partial charge is 0.0453 e. The van der Waals surface area contributed by atoms with Crippen LogP contribution in [0, 0.1) is 0 Å². The average molecular weight is 104 g/mol. The standard InChI is InChI=1S/C3H8N2S/c4-1-3(5)2-6/h2-3H,1,4-5H2. The van der Waals surface area contributed by atoms with Crippen molar-refractivity contribution in [2.24, 2.45) is 11.5 Å². The molecule has 1 atom stereocenters. The summed E-state index contributed by atoms with van der Waals surface area (Å²) in [5, 5.41) is 1.46. The van der Waals surface area contributed by atoms with E-state index in [-0.39, 0.29) is 6.04 Å². The molecule has 0 aromatic carbocycles. The monoisotopic (exact) mass is 104 g/mol. The van der Waals surface area contributed by atoms with E-state index in [0.29, 0.717) is 6.54 Å². The van der Waals surface area contributed by atoms with E-state index in [9.17, 15) is 0 Å². The highest BCUT2D eigenvalue weighted by Crippen LogP contribution is 1.61. The molecule has 6 heavy (non-hydrogen) atoms. The van der Waals surface area contributed by atoms with E-state index < -0.39 is 0 Å². The van der Waals surface area contributed by atoms with Crippen molar-refractivity contribution >= 4 is 17.6 Å². The van der Waals surface area contributed by atoms with Crippen LogP contribution in [0.3, 0.4) is 0 Å². The van der Waals surface area contributed by atoms with E-state index in [1.807, 2.05) is 0 Å². The van der Waals surface area contributed by atoms with E-state index >= 15 is 0 Å². The summed E-state index contributed by atoms with van der Waals surface area (Å²) in [7, 11) is 0. The van der Waals surface area contributed by atoms with Gasteiger partial charge in [-0.05, 0) is 5.37 Å². The van der Waals surface area contributed by atoms with Crippen molar-refractivity contribution in [3.8, 4) is 0 Å². The third-order valence-corrected chi connectivity index (χ3v) is 0.797. The quantitative estimate of drug-likeness (QED) is 0.454. The molecule has 0 aliphatic rings. The Labute approximate surface area is 42.5 Å². The predicted octanol–water partition coefficient (Wildman–Crippen LogP) is -0.728. The summed E-state index contributed by atoms with van der Waals surface area (Å²) in [6.07, 6.45) is 0.